The Balaban J connectivity index is 1.15. The number of carbonyl (C=O) groups is 3. The fourth-order valence-electron chi connectivity index (χ4n) is 6.84. The zero-order valence-electron chi connectivity index (χ0n) is 25.8. The van der Waals surface area contributed by atoms with Crippen molar-refractivity contribution in [1.29, 1.82) is 0 Å². The molecule has 2 heterocycles. The van der Waals surface area contributed by atoms with Gasteiger partial charge >= 0.3 is 6.09 Å². The number of amides is 3. The number of ether oxygens (including phenoxy) is 1. The van der Waals surface area contributed by atoms with Crippen LogP contribution < -0.4 is 16.4 Å². The average Bonchev–Trinajstić information content (AvgIpc) is 3.58. The lowest BCUT2D eigenvalue weighted by Crippen LogP contribution is -2.58. The Morgan fingerprint density at radius 3 is 2.44 bits per heavy atom. The topological polar surface area (TPSA) is 130 Å². The van der Waals surface area contributed by atoms with Gasteiger partial charge in [0.15, 0.2) is 0 Å². The van der Waals surface area contributed by atoms with Crippen LogP contribution in [0.2, 0.25) is 0 Å². The van der Waals surface area contributed by atoms with Crippen LogP contribution in [0.3, 0.4) is 0 Å². The number of piperidine rings is 1. The summed E-state index contributed by atoms with van der Waals surface area (Å²) >= 11 is 0. The Labute approximate surface area is 263 Å². The molecular weight excluding hydrogens is 566 g/mol. The van der Waals surface area contributed by atoms with Crippen molar-refractivity contribution < 1.29 is 19.1 Å². The van der Waals surface area contributed by atoms with E-state index in [4.69, 9.17) is 10.5 Å². The molecule has 6 rings (SSSR count). The molecular formula is C36H41N5O4. The number of nitrogens with one attached hydrogen (secondary N) is 3. The second-order valence-corrected chi connectivity index (χ2v) is 13.0. The number of fused-ring (bicyclic) bond motifs is 3. The highest BCUT2D eigenvalue weighted by molar-refractivity contribution is 5.92. The van der Waals surface area contributed by atoms with Gasteiger partial charge in [-0.05, 0) is 61.4 Å². The van der Waals surface area contributed by atoms with E-state index < -0.39 is 17.7 Å². The molecule has 234 valence electrons. The predicted molar refractivity (Wildman–Crippen MR) is 173 cm³/mol. The van der Waals surface area contributed by atoms with Crippen LogP contribution in [0, 0.1) is 0 Å². The number of nitrogens with zero attached hydrogens (tertiary/aromatic N) is 1. The van der Waals surface area contributed by atoms with Gasteiger partial charge in [-0.2, -0.15) is 0 Å². The van der Waals surface area contributed by atoms with Crippen LogP contribution in [0.25, 0.3) is 10.9 Å². The summed E-state index contributed by atoms with van der Waals surface area (Å²) in [6.07, 6.45) is 4.06. The van der Waals surface area contributed by atoms with Crippen molar-refractivity contribution in [2.45, 2.75) is 69.2 Å². The largest absolute Gasteiger partial charge is 0.445 e. The average molecular weight is 608 g/mol. The number of benzene rings is 3. The van der Waals surface area contributed by atoms with Crippen molar-refractivity contribution in [3.8, 4) is 0 Å². The maximum atomic E-state index is 14.1. The van der Waals surface area contributed by atoms with Gasteiger partial charge in [-0.3, -0.25) is 9.59 Å². The van der Waals surface area contributed by atoms with E-state index in [1.807, 2.05) is 77.8 Å². The van der Waals surface area contributed by atoms with E-state index in [9.17, 15) is 14.4 Å². The van der Waals surface area contributed by atoms with Crippen molar-refractivity contribution in [3.05, 3.63) is 107 Å². The number of nitrogens with two attached hydrogens (primary N) is 1. The number of hydrogen-bond acceptors (Lipinski definition) is 5. The van der Waals surface area contributed by atoms with Gasteiger partial charge in [-0.15, -0.1) is 0 Å². The van der Waals surface area contributed by atoms with E-state index in [0.717, 1.165) is 46.9 Å². The second kappa shape index (κ2) is 12.4. The normalized spacial score (nSPS) is 17.9. The third kappa shape index (κ3) is 6.44. The molecule has 45 heavy (non-hydrogen) atoms. The zero-order chi connectivity index (χ0) is 31.6. The molecule has 1 spiro atoms. The number of hydrogen-bond donors (Lipinski definition) is 4. The molecule has 1 fully saturated rings. The summed E-state index contributed by atoms with van der Waals surface area (Å²) in [7, 11) is 0. The Bertz CT molecular complexity index is 1680. The van der Waals surface area contributed by atoms with E-state index in [1.165, 1.54) is 5.56 Å². The number of rotatable bonds is 8. The smallest absolute Gasteiger partial charge is 0.407 e. The third-order valence-corrected chi connectivity index (χ3v) is 9.33. The van der Waals surface area contributed by atoms with Gasteiger partial charge in [0.05, 0.1) is 11.6 Å². The highest BCUT2D eigenvalue weighted by Gasteiger charge is 2.47. The Morgan fingerprint density at radius 2 is 1.69 bits per heavy atom. The molecule has 3 amide bonds. The van der Waals surface area contributed by atoms with Crippen LogP contribution >= 0.6 is 0 Å². The standard InChI is InChI=1S/C36H41N5O4/c1-35(2,37)33(43)39-30(20-25-22-38-29-15-9-7-12-26(25)29)32(42)41-18-16-36(17-19-41)21-31(27-13-6-8-14-28(27)36)40-34(44)45-23-24-10-4-3-5-11-24/h3-15,22,30-31,38H,16-21,23,37H2,1-2H3,(H,39,43)(H,40,44)/t30?,31-/m1/s1. The summed E-state index contributed by atoms with van der Waals surface area (Å²) in [5.74, 6) is -0.481. The number of para-hydroxylation sites is 1. The van der Waals surface area contributed by atoms with Crippen molar-refractivity contribution >= 4 is 28.8 Å². The fraction of sp³-hybridized carbons (Fsp3) is 0.361. The molecule has 3 aromatic carbocycles. The first kappa shape index (κ1) is 30.4. The Hall–Kier alpha value is -4.63. The number of aromatic amines is 1. The van der Waals surface area contributed by atoms with Crippen LogP contribution in [-0.2, 0) is 32.8 Å². The summed E-state index contributed by atoms with van der Waals surface area (Å²) < 4.78 is 5.53. The lowest BCUT2D eigenvalue weighted by molar-refractivity contribution is -0.138. The minimum Gasteiger partial charge on any atom is -0.445 e. The molecule has 1 unspecified atom stereocenters. The maximum Gasteiger partial charge on any atom is 0.407 e. The molecule has 9 nitrogen and oxygen atoms in total. The number of carbonyl (C=O) groups excluding carboxylic acids is 3. The van der Waals surface area contributed by atoms with Gasteiger partial charge in [0.25, 0.3) is 0 Å². The van der Waals surface area contributed by atoms with Crippen LogP contribution in [0.5, 0.6) is 0 Å². The molecule has 1 aliphatic heterocycles. The first-order chi connectivity index (χ1) is 21.6. The van der Waals surface area contributed by atoms with E-state index >= 15 is 0 Å². The molecule has 0 saturated carbocycles. The van der Waals surface area contributed by atoms with Crippen molar-refractivity contribution in [1.82, 2.24) is 20.5 Å². The summed E-state index contributed by atoms with van der Waals surface area (Å²) in [6, 6.07) is 24.9. The maximum absolute atomic E-state index is 14.1. The van der Waals surface area contributed by atoms with Gasteiger partial charge in [0.1, 0.15) is 12.6 Å². The lowest BCUT2D eigenvalue weighted by Gasteiger charge is -2.41. The highest BCUT2D eigenvalue weighted by Crippen LogP contribution is 2.50. The lowest BCUT2D eigenvalue weighted by atomic mass is 9.73. The van der Waals surface area contributed by atoms with Crippen molar-refractivity contribution in [2.24, 2.45) is 5.73 Å². The molecule has 4 aromatic rings. The molecule has 9 heteroatoms. The highest BCUT2D eigenvalue weighted by atomic mass is 16.5. The quantitative estimate of drug-likeness (QED) is 0.227. The number of aromatic nitrogens is 1. The summed E-state index contributed by atoms with van der Waals surface area (Å²) in [5, 5.41) is 7.08. The fourth-order valence-corrected chi connectivity index (χ4v) is 6.84. The molecule has 1 saturated heterocycles. The monoisotopic (exact) mass is 607 g/mol. The van der Waals surface area contributed by atoms with Crippen LogP contribution in [-0.4, -0.2) is 52.5 Å². The molecule has 2 atom stereocenters. The van der Waals surface area contributed by atoms with Gasteiger partial charge in [-0.1, -0.05) is 72.8 Å². The van der Waals surface area contributed by atoms with Crippen LogP contribution in [0.4, 0.5) is 4.79 Å². The van der Waals surface area contributed by atoms with Crippen molar-refractivity contribution in [2.75, 3.05) is 13.1 Å². The molecule has 0 bridgehead atoms. The number of H-pyrrole nitrogens is 1. The van der Waals surface area contributed by atoms with Crippen molar-refractivity contribution in [3.63, 3.8) is 0 Å². The molecule has 1 aliphatic carbocycles. The number of likely N-dealkylation sites (tertiary alicyclic amines) is 1. The molecule has 1 aromatic heterocycles. The van der Waals surface area contributed by atoms with E-state index in [0.29, 0.717) is 19.5 Å². The van der Waals surface area contributed by atoms with Crippen LogP contribution in [0.15, 0.2) is 85.1 Å². The minimum atomic E-state index is -1.12. The molecule has 5 N–H and O–H groups in total. The summed E-state index contributed by atoms with van der Waals surface area (Å²) in [5.41, 5.74) is 10.0. The second-order valence-electron chi connectivity index (χ2n) is 13.0. The first-order valence-electron chi connectivity index (χ1n) is 15.6. The number of alkyl carbamates (subject to hydrolysis) is 1. The van der Waals surface area contributed by atoms with E-state index in [1.54, 1.807) is 13.8 Å². The Morgan fingerprint density at radius 1 is 1.00 bits per heavy atom. The van der Waals surface area contributed by atoms with Gasteiger partial charge in [-0.25, -0.2) is 4.79 Å². The first-order valence-corrected chi connectivity index (χ1v) is 15.6. The van der Waals surface area contributed by atoms with Crippen LogP contribution in [0.1, 0.15) is 61.4 Å². The van der Waals surface area contributed by atoms with Gasteiger partial charge in [0.2, 0.25) is 11.8 Å². The Kier molecular flexibility index (Phi) is 8.38. The molecule has 2 aliphatic rings. The summed E-state index contributed by atoms with van der Waals surface area (Å²) in [6.45, 7) is 4.58. The SMILES string of the molecule is CC(C)(N)C(=O)NC(Cc1c[nH]c2ccccc12)C(=O)N1CCC2(CC1)C[C@@H](NC(=O)OCc1ccccc1)c1ccccc12. The summed E-state index contributed by atoms with van der Waals surface area (Å²) in [4.78, 5) is 45.0. The van der Waals surface area contributed by atoms with E-state index in [-0.39, 0.29) is 29.9 Å². The minimum absolute atomic E-state index is 0.113. The third-order valence-electron chi connectivity index (χ3n) is 9.33. The van der Waals surface area contributed by atoms with Gasteiger partial charge in [0, 0.05) is 42.0 Å². The van der Waals surface area contributed by atoms with E-state index in [2.05, 4.69) is 27.8 Å². The zero-order valence-corrected chi connectivity index (χ0v) is 25.8. The predicted octanol–water partition coefficient (Wildman–Crippen LogP) is 4.86. The van der Waals surface area contributed by atoms with Gasteiger partial charge < -0.3 is 31.0 Å². The molecule has 0 radical (unpaired) electrons.